The molecule has 0 saturated carbocycles. The van der Waals surface area contributed by atoms with Gasteiger partial charge in [-0.2, -0.15) is 13.2 Å². The third-order valence-corrected chi connectivity index (χ3v) is 5.31. The van der Waals surface area contributed by atoms with Gasteiger partial charge in [-0.05, 0) is 59.9 Å². The molecule has 3 heterocycles. The van der Waals surface area contributed by atoms with E-state index in [0.29, 0.717) is 5.92 Å². The normalized spacial score (nSPS) is 15.5. The van der Waals surface area contributed by atoms with Gasteiger partial charge in [-0.15, -0.1) is 0 Å². The summed E-state index contributed by atoms with van der Waals surface area (Å²) in [6.45, 7) is 0.723. The Balaban J connectivity index is 0.000000325. The number of carboxylic acids is 1. The SMILES string of the molecule is O=C(O)C(F)(F)F.c1ccc2c(c1)CC(c1nc3ccc(-c4ccncc4)cc3[nH]1)CCO2. The molecule has 2 aromatic heterocycles. The van der Waals surface area contributed by atoms with Crippen LogP contribution in [0.5, 0.6) is 5.75 Å². The fourth-order valence-corrected chi connectivity index (χ4v) is 3.67. The predicted molar refractivity (Wildman–Crippen MR) is 116 cm³/mol. The van der Waals surface area contributed by atoms with E-state index in [4.69, 9.17) is 19.6 Å². The van der Waals surface area contributed by atoms with Gasteiger partial charge >= 0.3 is 12.1 Å². The van der Waals surface area contributed by atoms with E-state index >= 15 is 0 Å². The van der Waals surface area contributed by atoms with Gasteiger partial charge in [-0.1, -0.05) is 24.3 Å². The zero-order valence-electron chi connectivity index (χ0n) is 17.3. The Hall–Kier alpha value is -3.88. The van der Waals surface area contributed by atoms with Gasteiger partial charge in [-0.3, -0.25) is 4.98 Å². The molecule has 0 spiro atoms. The van der Waals surface area contributed by atoms with E-state index in [1.165, 1.54) is 11.1 Å². The average molecular weight is 455 g/mol. The lowest BCUT2D eigenvalue weighted by Crippen LogP contribution is -2.21. The summed E-state index contributed by atoms with van der Waals surface area (Å²) in [4.78, 5) is 21.4. The summed E-state index contributed by atoms with van der Waals surface area (Å²) in [6.07, 6.45) is 0.473. The Kier molecular flexibility index (Phi) is 6.30. The largest absolute Gasteiger partial charge is 0.493 e. The van der Waals surface area contributed by atoms with Crippen LogP contribution in [0.1, 0.15) is 23.7 Å². The number of para-hydroxylation sites is 1. The summed E-state index contributed by atoms with van der Waals surface area (Å²) in [5.41, 5.74) is 5.68. The zero-order valence-corrected chi connectivity index (χ0v) is 17.3. The van der Waals surface area contributed by atoms with Gasteiger partial charge in [0.25, 0.3) is 0 Å². The number of nitrogens with one attached hydrogen (secondary N) is 1. The second-order valence-electron chi connectivity index (χ2n) is 7.54. The lowest BCUT2D eigenvalue weighted by molar-refractivity contribution is -0.192. The van der Waals surface area contributed by atoms with Crippen molar-refractivity contribution in [3.63, 3.8) is 0 Å². The third-order valence-electron chi connectivity index (χ3n) is 5.31. The molecule has 0 fully saturated rings. The van der Waals surface area contributed by atoms with Crippen LogP contribution in [0, 0.1) is 0 Å². The molecule has 2 aromatic carbocycles. The molecule has 0 bridgehead atoms. The van der Waals surface area contributed by atoms with E-state index in [1.807, 2.05) is 30.6 Å². The van der Waals surface area contributed by atoms with Crippen LogP contribution in [0.3, 0.4) is 0 Å². The standard InChI is InChI=1S/C22H19N3O.C2HF3O2/c1-2-4-21-17(3-1)13-18(9-12-26-21)22-24-19-6-5-16(14-20(19)25-22)15-7-10-23-11-8-15;3-2(4,5)1(6)7/h1-8,10-11,14,18H,9,12-13H2,(H,24,25);(H,6,7). The number of halogens is 3. The number of hydrogen-bond donors (Lipinski definition) is 2. The van der Waals surface area contributed by atoms with Crippen molar-refractivity contribution in [1.82, 2.24) is 15.0 Å². The average Bonchev–Trinajstić information content (AvgIpc) is 3.11. The smallest absolute Gasteiger partial charge is 0.490 e. The number of carboxylic acid groups (broad SMARTS) is 1. The number of nitrogens with zero attached hydrogens (tertiary/aromatic N) is 2. The first-order valence-corrected chi connectivity index (χ1v) is 10.2. The van der Waals surface area contributed by atoms with Crippen LogP contribution in [0.15, 0.2) is 67.0 Å². The van der Waals surface area contributed by atoms with Crippen LogP contribution in [0.4, 0.5) is 13.2 Å². The van der Waals surface area contributed by atoms with Gasteiger partial charge in [0.1, 0.15) is 11.6 Å². The number of H-pyrrole nitrogens is 1. The molecule has 4 aromatic rings. The molecular formula is C24H20F3N3O3. The van der Waals surface area contributed by atoms with Crippen molar-refractivity contribution in [2.24, 2.45) is 0 Å². The Morgan fingerprint density at radius 1 is 1.06 bits per heavy atom. The number of aliphatic carboxylic acids is 1. The van der Waals surface area contributed by atoms with Crippen LogP contribution in [-0.4, -0.2) is 38.8 Å². The number of carbonyl (C=O) groups is 1. The van der Waals surface area contributed by atoms with Crippen LogP contribution >= 0.6 is 0 Å². The molecule has 0 amide bonds. The lowest BCUT2D eigenvalue weighted by Gasteiger charge is -2.10. The summed E-state index contributed by atoms with van der Waals surface area (Å²) in [6, 6.07) is 18.7. The number of fused-ring (bicyclic) bond motifs is 2. The third kappa shape index (κ3) is 5.31. The summed E-state index contributed by atoms with van der Waals surface area (Å²) >= 11 is 0. The van der Waals surface area contributed by atoms with E-state index in [2.05, 4.69) is 46.4 Å². The van der Waals surface area contributed by atoms with Gasteiger partial charge < -0.3 is 14.8 Å². The number of aromatic amines is 1. The van der Waals surface area contributed by atoms with Crippen molar-refractivity contribution >= 4 is 17.0 Å². The minimum atomic E-state index is -5.08. The van der Waals surface area contributed by atoms with Crippen LogP contribution < -0.4 is 4.74 Å². The maximum Gasteiger partial charge on any atom is 0.490 e. The topological polar surface area (TPSA) is 88.1 Å². The second-order valence-corrected chi connectivity index (χ2v) is 7.54. The first-order valence-electron chi connectivity index (χ1n) is 10.2. The van der Waals surface area contributed by atoms with Crippen LogP contribution in [-0.2, 0) is 11.2 Å². The molecule has 2 N–H and O–H groups in total. The first-order chi connectivity index (χ1) is 15.8. The van der Waals surface area contributed by atoms with Crippen LogP contribution in [0.2, 0.25) is 0 Å². The van der Waals surface area contributed by atoms with Crippen LogP contribution in [0.25, 0.3) is 22.2 Å². The molecule has 1 aliphatic heterocycles. The molecule has 1 unspecified atom stereocenters. The van der Waals surface area contributed by atoms with Crippen molar-refractivity contribution in [3.8, 4) is 16.9 Å². The number of rotatable bonds is 2. The maximum atomic E-state index is 10.6. The Bertz CT molecular complexity index is 1260. The summed E-state index contributed by atoms with van der Waals surface area (Å²) < 4.78 is 37.6. The fourth-order valence-electron chi connectivity index (χ4n) is 3.67. The Labute approximate surface area is 187 Å². The van der Waals surface area contributed by atoms with Crippen molar-refractivity contribution in [2.45, 2.75) is 24.9 Å². The van der Waals surface area contributed by atoms with Gasteiger partial charge in [0, 0.05) is 18.3 Å². The molecule has 5 rings (SSSR count). The minimum absolute atomic E-state index is 0.343. The van der Waals surface area contributed by atoms with Crippen molar-refractivity contribution in [3.05, 3.63) is 78.4 Å². The van der Waals surface area contributed by atoms with Crippen molar-refractivity contribution in [1.29, 1.82) is 0 Å². The van der Waals surface area contributed by atoms with E-state index in [-0.39, 0.29) is 0 Å². The molecule has 1 atom stereocenters. The first kappa shape index (κ1) is 22.3. The summed E-state index contributed by atoms with van der Waals surface area (Å²) in [5, 5.41) is 7.12. The molecule has 0 radical (unpaired) electrons. The molecule has 0 aliphatic carbocycles. The number of hydrogen-bond acceptors (Lipinski definition) is 4. The number of aromatic nitrogens is 3. The molecule has 1 aliphatic rings. The highest BCUT2D eigenvalue weighted by molar-refractivity contribution is 5.82. The van der Waals surface area contributed by atoms with E-state index in [0.717, 1.165) is 47.6 Å². The maximum absolute atomic E-state index is 10.6. The van der Waals surface area contributed by atoms with Gasteiger partial charge in [0.2, 0.25) is 0 Å². The zero-order chi connectivity index (χ0) is 23.4. The summed E-state index contributed by atoms with van der Waals surface area (Å²) in [5.74, 6) is -0.360. The monoisotopic (exact) mass is 455 g/mol. The Morgan fingerprint density at radius 3 is 2.52 bits per heavy atom. The van der Waals surface area contributed by atoms with E-state index in [1.54, 1.807) is 0 Å². The second kappa shape index (κ2) is 9.32. The number of ether oxygens (including phenoxy) is 1. The summed E-state index contributed by atoms with van der Waals surface area (Å²) in [7, 11) is 0. The molecule has 6 nitrogen and oxygen atoms in total. The lowest BCUT2D eigenvalue weighted by atomic mass is 9.96. The number of benzene rings is 2. The fraction of sp³-hybridized carbons (Fsp3) is 0.208. The molecule has 33 heavy (non-hydrogen) atoms. The Morgan fingerprint density at radius 2 is 1.79 bits per heavy atom. The molecular weight excluding hydrogens is 435 g/mol. The quantitative estimate of drug-likeness (QED) is 0.425. The minimum Gasteiger partial charge on any atom is -0.493 e. The van der Waals surface area contributed by atoms with Gasteiger partial charge in [-0.25, -0.2) is 9.78 Å². The van der Waals surface area contributed by atoms with E-state index < -0.39 is 12.1 Å². The highest BCUT2D eigenvalue weighted by Gasteiger charge is 2.38. The number of alkyl halides is 3. The number of imidazole rings is 1. The van der Waals surface area contributed by atoms with E-state index in [9.17, 15) is 13.2 Å². The van der Waals surface area contributed by atoms with Gasteiger partial charge in [0.15, 0.2) is 0 Å². The molecule has 170 valence electrons. The highest BCUT2D eigenvalue weighted by Crippen LogP contribution is 2.32. The van der Waals surface area contributed by atoms with Gasteiger partial charge in [0.05, 0.1) is 17.6 Å². The predicted octanol–water partition coefficient (Wildman–Crippen LogP) is 5.37. The van der Waals surface area contributed by atoms with Crippen molar-refractivity contribution in [2.75, 3.05) is 6.61 Å². The van der Waals surface area contributed by atoms with Crippen molar-refractivity contribution < 1.29 is 27.8 Å². The molecule has 9 heteroatoms. The molecule has 0 saturated heterocycles. The highest BCUT2D eigenvalue weighted by atomic mass is 19.4. The number of pyridine rings is 1.